The van der Waals surface area contributed by atoms with E-state index in [0.717, 1.165) is 57.8 Å². The largest absolute Gasteiger partial charge is 0.462 e. The Morgan fingerprint density at radius 3 is 1.34 bits per heavy atom. The summed E-state index contributed by atoms with van der Waals surface area (Å²) < 4.78 is 22.2. The predicted octanol–water partition coefficient (Wildman–Crippen LogP) is 10.9. The number of rotatable bonds is 41. The van der Waals surface area contributed by atoms with Crippen LogP contribution in [-0.2, 0) is 28.5 Å². The second-order valence-electron chi connectivity index (χ2n) is 16.9. The van der Waals surface area contributed by atoms with Crippen molar-refractivity contribution >= 4 is 11.9 Å². The third-order valence-electron chi connectivity index (χ3n) is 11.3. The lowest BCUT2D eigenvalue weighted by molar-refractivity contribution is -0.305. The molecule has 59 heavy (non-hydrogen) atoms. The maximum atomic E-state index is 12.8. The number of aliphatic hydroxyl groups is 4. The average molecular weight is 839 g/mol. The predicted molar refractivity (Wildman–Crippen MR) is 238 cm³/mol. The molecule has 0 spiro atoms. The van der Waals surface area contributed by atoms with Crippen LogP contribution >= 0.6 is 0 Å². The zero-order valence-electron chi connectivity index (χ0n) is 37.8. The first kappa shape index (κ1) is 55.2. The van der Waals surface area contributed by atoms with Gasteiger partial charge in [0.25, 0.3) is 0 Å². The summed E-state index contributed by atoms with van der Waals surface area (Å²) in [5.74, 6) is -0.810. The molecule has 1 aliphatic rings. The van der Waals surface area contributed by atoms with E-state index in [1.807, 2.05) is 0 Å². The molecular weight excluding hydrogens is 749 g/mol. The highest BCUT2D eigenvalue weighted by molar-refractivity contribution is 5.70. The number of carbonyl (C=O) groups is 2. The summed E-state index contributed by atoms with van der Waals surface area (Å²) in [6, 6.07) is 0. The third kappa shape index (κ3) is 31.7. The van der Waals surface area contributed by atoms with Gasteiger partial charge < -0.3 is 39.4 Å². The van der Waals surface area contributed by atoms with Crippen LogP contribution in [0.5, 0.6) is 0 Å². The van der Waals surface area contributed by atoms with Crippen LogP contribution in [0.15, 0.2) is 24.3 Å². The molecule has 0 bridgehead atoms. The molecule has 6 atom stereocenters. The lowest BCUT2D eigenvalue weighted by Gasteiger charge is -2.39. The molecule has 0 amide bonds. The number of hydrogen-bond donors (Lipinski definition) is 4. The lowest BCUT2D eigenvalue weighted by atomic mass is 9.99. The normalized spacial score (nSPS) is 20.1. The smallest absolute Gasteiger partial charge is 0.306 e. The molecule has 0 aromatic carbocycles. The number of hydrogen-bond acceptors (Lipinski definition) is 10. The van der Waals surface area contributed by atoms with Gasteiger partial charge in [0.15, 0.2) is 12.4 Å². The van der Waals surface area contributed by atoms with Crippen molar-refractivity contribution in [1.29, 1.82) is 0 Å². The van der Waals surface area contributed by atoms with E-state index < -0.39 is 49.4 Å². The van der Waals surface area contributed by atoms with Crippen molar-refractivity contribution < 1.29 is 49.0 Å². The van der Waals surface area contributed by atoms with Crippen molar-refractivity contribution in [3.63, 3.8) is 0 Å². The fraction of sp³-hybridized carbons (Fsp3) is 0.878. The minimum absolute atomic E-state index is 0.219. The van der Waals surface area contributed by atoms with Crippen LogP contribution in [0, 0.1) is 0 Å². The van der Waals surface area contributed by atoms with Crippen molar-refractivity contribution in [2.75, 3.05) is 19.8 Å². The second kappa shape index (κ2) is 40.3. The van der Waals surface area contributed by atoms with Crippen molar-refractivity contribution in [2.24, 2.45) is 0 Å². The summed E-state index contributed by atoms with van der Waals surface area (Å²) in [6.45, 7) is 3.41. The number of ether oxygens (including phenoxy) is 4. The summed E-state index contributed by atoms with van der Waals surface area (Å²) in [6.07, 6.45) is 37.6. The molecular formula is C49H90O10. The van der Waals surface area contributed by atoms with Gasteiger partial charge in [-0.25, -0.2) is 0 Å². The molecule has 1 heterocycles. The van der Waals surface area contributed by atoms with E-state index in [0.29, 0.717) is 6.42 Å². The molecule has 2 unspecified atom stereocenters. The molecule has 10 heteroatoms. The van der Waals surface area contributed by atoms with Crippen LogP contribution in [0.2, 0.25) is 0 Å². The van der Waals surface area contributed by atoms with Gasteiger partial charge in [0.05, 0.1) is 13.2 Å². The molecule has 10 nitrogen and oxygen atoms in total. The molecule has 0 aromatic rings. The molecule has 0 aliphatic carbocycles. The van der Waals surface area contributed by atoms with Gasteiger partial charge >= 0.3 is 11.9 Å². The maximum Gasteiger partial charge on any atom is 0.306 e. The summed E-state index contributed by atoms with van der Waals surface area (Å²) in [5, 5.41) is 40.1. The first-order chi connectivity index (χ1) is 28.8. The van der Waals surface area contributed by atoms with E-state index in [1.165, 1.54) is 128 Å². The minimum atomic E-state index is -1.59. The summed E-state index contributed by atoms with van der Waals surface area (Å²) >= 11 is 0. The Morgan fingerprint density at radius 2 is 0.898 bits per heavy atom. The van der Waals surface area contributed by atoms with E-state index in [2.05, 4.69) is 38.2 Å². The minimum Gasteiger partial charge on any atom is -0.462 e. The Kier molecular flexibility index (Phi) is 37.7. The monoisotopic (exact) mass is 839 g/mol. The summed E-state index contributed by atoms with van der Waals surface area (Å²) in [5.41, 5.74) is 0. The quantitative estimate of drug-likeness (QED) is 0.0266. The molecule has 0 aromatic heterocycles. The van der Waals surface area contributed by atoms with E-state index in [4.69, 9.17) is 18.9 Å². The zero-order valence-corrected chi connectivity index (χ0v) is 37.8. The van der Waals surface area contributed by atoms with E-state index in [9.17, 15) is 30.0 Å². The highest BCUT2D eigenvalue weighted by Gasteiger charge is 2.44. The number of esters is 2. The maximum absolute atomic E-state index is 12.8. The average Bonchev–Trinajstić information content (AvgIpc) is 3.23. The third-order valence-corrected chi connectivity index (χ3v) is 11.3. The topological polar surface area (TPSA) is 152 Å². The molecule has 1 saturated heterocycles. The van der Waals surface area contributed by atoms with Gasteiger partial charge in [0, 0.05) is 12.8 Å². The summed E-state index contributed by atoms with van der Waals surface area (Å²) in [4.78, 5) is 25.4. The lowest BCUT2D eigenvalue weighted by Crippen LogP contribution is -2.59. The first-order valence-electron chi connectivity index (χ1n) is 24.4. The van der Waals surface area contributed by atoms with E-state index in [-0.39, 0.29) is 32.0 Å². The molecule has 4 N–H and O–H groups in total. The molecule has 346 valence electrons. The number of carbonyl (C=O) groups excluding carboxylic acids is 2. The Hall–Kier alpha value is -1.82. The van der Waals surface area contributed by atoms with Crippen LogP contribution in [0.1, 0.15) is 219 Å². The van der Waals surface area contributed by atoms with Crippen LogP contribution in [0.4, 0.5) is 0 Å². The Bertz CT molecular complexity index is 1020. The van der Waals surface area contributed by atoms with Gasteiger partial charge in [0.2, 0.25) is 0 Å². The standard InChI is InChI=1S/C49H90O10/c1-3-5-7-9-11-13-15-17-18-19-20-21-22-23-24-26-28-30-32-34-36-38-45(52)58-42(41-57-49-48(55)47(54)46(53)43(39-50)59-49)40-56-44(51)37-35-33-31-29-27-25-16-14-12-10-8-6-4-2/h14,16-18,42-43,46-50,53-55H,3-13,15,19-41H2,1-2H3/b16-14+,18-17+/t42-,43-,46+,47?,48?,49-/m1/s1. The second-order valence-corrected chi connectivity index (χ2v) is 16.9. The van der Waals surface area contributed by atoms with Crippen molar-refractivity contribution in [3.05, 3.63) is 24.3 Å². The Labute approximate surface area is 360 Å². The van der Waals surface area contributed by atoms with E-state index >= 15 is 0 Å². The number of allylic oxidation sites excluding steroid dienone is 4. The van der Waals surface area contributed by atoms with Crippen molar-refractivity contribution in [3.8, 4) is 0 Å². The van der Waals surface area contributed by atoms with Crippen LogP contribution in [0.25, 0.3) is 0 Å². The van der Waals surface area contributed by atoms with Crippen LogP contribution in [0.3, 0.4) is 0 Å². The number of aliphatic hydroxyl groups excluding tert-OH is 4. The highest BCUT2D eigenvalue weighted by Crippen LogP contribution is 2.23. The van der Waals surface area contributed by atoms with Crippen LogP contribution in [-0.4, -0.2) is 89.0 Å². The molecule has 0 radical (unpaired) electrons. The zero-order chi connectivity index (χ0) is 43.0. The summed E-state index contributed by atoms with van der Waals surface area (Å²) in [7, 11) is 0. The fourth-order valence-corrected chi connectivity index (χ4v) is 7.41. The van der Waals surface area contributed by atoms with Gasteiger partial charge in [-0.05, 0) is 64.2 Å². The van der Waals surface area contributed by atoms with Gasteiger partial charge in [-0.3, -0.25) is 9.59 Å². The molecule has 1 aliphatic heterocycles. The van der Waals surface area contributed by atoms with Crippen molar-refractivity contribution in [2.45, 2.75) is 256 Å². The van der Waals surface area contributed by atoms with Crippen molar-refractivity contribution in [1.82, 2.24) is 0 Å². The number of unbranched alkanes of at least 4 members (excludes halogenated alkanes) is 26. The molecule has 1 rings (SSSR count). The van der Waals surface area contributed by atoms with Gasteiger partial charge in [0.1, 0.15) is 31.0 Å². The molecule has 1 fully saturated rings. The van der Waals surface area contributed by atoms with Gasteiger partial charge in [-0.1, -0.05) is 167 Å². The molecule has 0 saturated carbocycles. The van der Waals surface area contributed by atoms with Gasteiger partial charge in [-0.15, -0.1) is 0 Å². The Morgan fingerprint density at radius 1 is 0.508 bits per heavy atom. The van der Waals surface area contributed by atoms with Crippen LogP contribution < -0.4 is 0 Å². The first-order valence-corrected chi connectivity index (χ1v) is 24.4. The van der Waals surface area contributed by atoms with E-state index in [1.54, 1.807) is 0 Å². The fourth-order valence-electron chi connectivity index (χ4n) is 7.41. The SMILES string of the molecule is CCCCCC/C=C/CCCCCCCC(=O)OC[C@H](CO[C@@H]1O[C@H](CO)[C@H](O)C(O)C1O)OC(=O)CCCCCCCCCCCCC/C=C/CCCCCCCC. The Balaban J connectivity index is 2.27. The highest BCUT2D eigenvalue weighted by atomic mass is 16.7. The van der Waals surface area contributed by atoms with Gasteiger partial charge in [-0.2, -0.15) is 0 Å².